The van der Waals surface area contributed by atoms with Crippen molar-refractivity contribution in [3.63, 3.8) is 0 Å². The smallest absolute Gasteiger partial charge is 0.108 e. The van der Waals surface area contributed by atoms with Crippen molar-refractivity contribution < 1.29 is 9.63 Å². The minimum Gasteiger partial charge on any atom is -0.417 e. The van der Waals surface area contributed by atoms with E-state index < -0.39 is 0 Å². The summed E-state index contributed by atoms with van der Waals surface area (Å²) in [6.07, 6.45) is 3.53. The molecule has 0 unspecified atom stereocenters. The number of carbonyl (C=O) groups is 1. The Labute approximate surface area is 41.9 Å². The molecule has 40 valence electrons. The van der Waals surface area contributed by atoms with Crippen LogP contribution in [0.15, 0.2) is 12.3 Å². The predicted molar refractivity (Wildman–Crippen MR) is 25.3 cm³/mol. The first-order valence-corrected chi connectivity index (χ1v) is 1.82. The molecule has 0 aromatic heterocycles. The fourth-order valence-corrected chi connectivity index (χ4v) is 0.241. The van der Waals surface area contributed by atoms with Crippen LogP contribution in [0, 0.1) is 0 Å². The lowest BCUT2D eigenvalue weighted by molar-refractivity contribution is -0.0979. The Morgan fingerprint density at radius 2 is 2.43 bits per heavy atom. The van der Waals surface area contributed by atoms with E-state index in [-0.39, 0.29) is 0 Å². The molecule has 1 aliphatic heterocycles. The standard InChI is InChI=1S/C3H5NO.CH2O/c1-2-4-5-3-1;1-2/h1,3-4H,2H2;1H2. The third-order valence-corrected chi connectivity index (χ3v) is 0.449. The van der Waals surface area contributed by atoms with Crippen molar-refractivity contribution in [3.8, 4) is 0 Å². The normalized spacial score (nSPS) is 14.3. The Bertz CT molecular complexity index is 56.7. The molecule has 1 N–H and O–H groups in total. The van der Waals surface area contributed by atoms with Crippen LogP contribution in [0.4, 0.5) is 0 Å². The first-order valence-electron chi connectivity index (χ1n) is 1.82. The quantitative estimate of drug-likeness (QED) is 0.461. The van der Waals surface area contributed by atoms with E-state index in [4.69, 9.17) is 4.79 Å². The van der Waals surface area contributed by atoms with Crippen LogP contribution in [0.2, 0.25) is 0 Å². The summed E-state index contributed by atoms with van der Waals surface area (Å²) in [5.41, 5.74) is 2.61. The zero-order valence-corrected chi connectivity index (χ0v) is 3.89. The Morgan fingerprint density at radius 3 is 2.57 bits per heavy atom. The van der Waals surface area contributed by atoms with Crippen LogP contribution in [0.5, 0.6) is 0 Å². The molecule has 0 spiro atoms. The first-order chi connectivity index (χ1) is 3.50. The minimum atomic E-state index is 0.847. The molecular weight excluding hydrogens is 94.0 g/mol. The van der Waals surface area contributed by atoms with Gasteiger partial charge in [-0.15, -0.1) is 0 Å². The van der Waals surface area contributed by atoms with Gasteiger partial charge in [0.25, 0.3) is 0 Å². The number of hydrogen-bond acceptors (Lipinski definition) is 3. The number of hydrogen-bond donors (Lipinski definition) is 1. The van der Waals surface area contributed by atoms with Gasteiger partial charge >= 0.3 is 0 Å². The van der Waals surface area contributed by atoms with E-state index >= 15 is 0 Å². The molecule has 3 heteroatoms. The predicted octanol–water partition coefficient (Wildman–Crippen LogP) is -0.150. The van der Waals surface area contributed by atoms with Gasteiger partial charge in [-0.3, -0.25) is 0 Å². The highest BCUT2D eigenvalue weighted by Crippen LogP contribution is 1.77. The molecule has 3 nitrogen and oxygen atoms in total. The van der Waals surface area contributed by atoms with Gasteiger partial charge in [-0.25, -0.2) is 0 Å². The maximum atomic E-state index is 8.00. The molecule has 0 aliphatic carbocycles. The van der Waals surface area contributed by atoms with Crippen LogP contribution in [0.1, 0.15) is 0 Å². The van der Waals surface area contributed by atoms with Crippen molar-refractivity contribution in [2.24, 2.45) is 0 Å². The van der Waals surface area contributed by atoms with Crippen LogP contribution < -0.4 is 5.48 Å². The highest BCUT2D eigenvalue weighted by molar-refractivity contribution is 5.10. The van der Waals surface area contributed by atoms with Crippen molar-refractivity contribution in [2.45, 2.75) is 0 Å². The van der Waals surface area contributed by atoms with Crippen molar-refractivity contribution in [1.29, 1.82) is 0 Å². The van der Waals surface area contributed by atoms with Gasteiger partial charge in [-0.1, -0.05) is 0 Å². The topological polar surface area (TPSA) is 38.3 Å². The Balaban J connectivity index is 0.000000162. The Kier molecular flexibility index (Phi) is 4.56. The number of carbonyl (C=O) groups excluding carboxylic acids is 1. The lowest BCUT2D eigenvalue weighted by Crippen LogP contribution is -2.02. The van der Waals surface area contributed by atoms with Crippen molar-refractivity contribution in [2.75, 3.05) is 6.54 Å². The summed E-state index contributed by atoms with van der Waals surface area (Å²) < 4.78 is 0. The Hall–Kier alpha value is -0.830. The molecule has 0 atom stereocenters. The molecule has 1 rings (SSSR count). The average molecular weight is 101 g/mol. The van der Waals surface area contributed by atoms with E-state index in [9.17, 15) is 0 Å². The second-order valence-electron chi connectivity index (χ2n) is 0.838. The molecular formula is C4H7NO2. The third-order valence-electron chi connectivity index (χ3n) is 0.449. The van der Waals surface area contributed by atoms with E-state index in [1.54, 1.807) is 6.26 Å². The van der Waals surface area contributed by atoms with E-state index in [0.29, 0.717) is 0 Å². The van der Waals surface area contributed by atoms with E-state index in [1.807, 2.05) is 12.9 Å². The van der Waals surface area contributed by atoms with E-state index in [2.05, 4.69) is 10.3 Å². The summed E-state index contributed by atoms with van der Waals surface area (Å²) in [6.45, 7) is 2.85. The summed E-state index contributed by atoms with van der Waals surface area (Å²) in [5.74, 6) is 0. The van der Waals surface area contributed by atoms with Gasteiger partial charge in [-0.2, -0.15) is 5.48 Å². The molecule has 1 heterocycles. The summed E-state index contributed by atoms with van der Waals surface area (Å²) in [6, 6.07) is 0. The van der Waals surface area contributed by atoms with Crippen LogP contribution in [0.25, 0.3) is 0 Å². The summed E-state index contributed by atoms with van der Waals surface area (Å²) >= 11 is 0. The third kappa shape index (κ3) is 2.99. The second-order valence-corrected chi connectivity index (χ2v) is 0.838. The maximum Gasteiger partial charge on any atom is 0.108 e. The largest absolute Gasteiger partial charge is 0.417 e. The average Bonchev–Trinajstić information content (AvgIpc) is 2.23. The molecule has 0 radical (unpaired) electrons. The van der Waals surface area contributed by atoms with Gasteiger partial charge < -0.3 is 9.63 Å². The minimum absolute atomic E-state index is 0.847. The summed E-state index contributed by atoms with van der Waals surface area (Å²) in [5, 5.41) is 0. The lowest BCUT2D eigenvalue weighted by Gasteiger charge is -1.82. The zero-order valence-electron chi connectivity index (χ0n) is 3.89. The summed E-state index contributed by atoms with van der Waals surface area (Å²) in [7, 11) is 0. The van der Waals surface area contributed by atoms with Gasteiger partial charge in [0.05, 0.1) is 6.54 Å². The highest BCUT2D eigenvalue weighted by atomic mass is 16.6. The molecule has 0 aromatic rings. The molecule has 0 amide bonds. The van der Waals surface area contributed by atoms with Crippen LogP contribution in [-0.4, -0.2) is 13.3 Å². The van der Waals surface area contributed by atoms with Crippen LogP contribution in [0.3, 0.4) is 0 Å². The number of hydroxylamine groups is 1. The van der Waals surface area contributed by atoms with Crippen molar-refractivity contribution >= 4 is 6.79 Å². The molecule has 0 bridgehead atoms. The van der Waals surface area contributed by atoms with Gasteiger partial charge in [0, 0.05) is 0 Å². The van der Waals surface area contributed by atoms with Crippen molar-refractivity contribution in [3.05, 3.63) is 12.3 Å². The fraction of sp³-hybridized carbons (Fsp3) is 0.250. The summed E-state index contributed by atoms with van der Waals surface area (Å²) in [4.78, 5) is 12.5. The molecule has 0 saturated heterocycles. The van der Waals surface area contributed by atoms with Gasteiger partial charge in [-0.05, 0) is 6.08 Å². The molecule has 7 heavy (non-hydrogen) atoms. The van der Waals surface area contributed by atoms with E-state index in [1.165, 1.54) is 0 Å². The first kappa shape index (κ1) is 6.17. The van der Waals surface area contributed by atoms with Crippen molar-refractivity contribution in [1.82, 2.24) is 5.48 Å². The zero-order chi connectivity index (χ0) is 5.54. The monoisotopic (exact) mass is 101 g/mol. The van der Waals surface area contributed by atoms with E-state index in [0.717, 1.165) is 6.54 Å². The number of rotatable bonds is 0. The second kappa shape index (κ2) is 5.17. The molecule has 0 fully saturated rings. The highest BCUT2D eigenvalue weighted by Gasteiger charge is 1.81. The SMILES string of the molecule is C1=CONC1.C=O. The molecule has 1 aliphatic rings. The van der Waals surface area contributed by atoms with Crippen LogP contribution in [-0.2, 0) is 9.63 Å². The maximum absolute atomic E-state index is 8.00. The van der Waals surface area contributed by atoms with Gasteiger partial charge in [0.2, 0.25) is 0 Å². The van der Waals surface area contributed by atoms with Crippen LogP contribution >= 0.6 is 0 Å². The van der Waals surface area contributed by atoms with Gasteiger partial charge in [0.1, 0.15) is 13.1 Å². The molecule has 0 aromatic carbocycles. The lowest BCUT2D eigenvalue weighted by atomic mass is 10.7. The fourth-order valence-electron chi connectivity index (χ4n) is 0.241. The molecule has 0 saturated carbocycles. The Morgan fingerprint density at radius 1 is 1.71 bits per heavy atom. The van der Waals surface area contributed by atoms with Gasteiger partial charge in [0.15, 0.2) is 0 Å². The number of nitrogens with one attached hydrogen (secondary N) is 1.